The van der Waals surface area contributed by atoms with Crippen LogP contribution in [0.1, 0.15) is 80.6 Å². The van der Waals surface area contributed by atoms with Gasteiger partial charge in [0.2, 0.25) is 17.6 Å². The first-order valence-corrected chi connectivity index (χ1v) is 18.6. The summed E-state index contributed by atoms with van der Waals surface area (Å²) in [5, 5.41) is 16.2. The van der Waals surface area contributed by atoms with Gasteiger partial charge >= 0.3 is 6.03 Å². The highest BCUT2D eigenvalue weighted by molar-refractivity contribution is 6.38. The Balaban J connectivity index is 1.47. The lowest BCUT2D eigenvalue weighted by Gasteiger charge is -2.35. The molecule has 1 aromatic carbocycles. The zero-order valence-electron chi connectivity index (χ0n) is 32.5. The van der Waals surface area contributed by atoms with Crippen molar-refractivity contribution in [3.05, 3.63) is 42.7 Å². The van der Waals surface area contributed by atoms with Crippen molar-refractivity contribution in [3.63, 3.8) is 0 Å². The van der Waals surface area contributed by atoms with Crippen LogP contribution in [0.25, 0.3) is 16.7 Å². The number of rotatable bonds is 14. The van der Waals surface area contributed by atoms with Gasteiger partial charge in [-0.25, -0.2) is 14.5 Å². The van der Waals surface area contributed by atoms with E-state index in [1.54, 1.807) is 48.5 Å². The molecule has 1 unspecified atom stereocenters. The average molecular weight is 747 g/mol. The largest absolute Gasteiger partial charge is 0.497 e. The van der Waals surface area contributed by atoms with Gasteiger partial charge < -0.3 is 35.6 Å². The van der Waals surface area contributed by atoms with Crippen LogP contribution in [-0.4, -0.2) is 99.7 Å². The third-order valence-electron chi connectivity index (χ3n) is 9.36. The van der Waals surface area contributed by atoms with Crippen LogP contribution in [0.5, 0.6) is 11.5 Å². The Hall–Kier alpha value is -5.21. The molecule has 2 aliphatic rings. The Labute approximate surface area is 316 Å². The SMILES string of the molecule is CCC[C@H](NC(=O)[C@@H]1CC(Oc2cc(-n3cccn3)nc3cc(OC)ccc23)CN1C(=O)[C@@H](NC(=O)NCC(C)(C)C)C(C)(C)C)C(=O)C(=O)NC1CC1. The first-order valence-electron chi connectivity index (χ1n) is 18.6. The minimum Gasteiger partial charge on any atom is -0.497 e. The van der Waals surface area contributed by atoms with E-state index >= 15 is 0 Å². The van der Waals surface area contributed by atoms with E-state index in [2.05, 4.69) is 26.4 Å². The number of hydrogen-bond donors (Lipinski definition) is 4. The van der Waals surface area contributed by atoms with Crippen LogP contribution in [0.3, 0.4) is 0 Å². The van der Waals surface area contributed by atoms with E-state index in [-0.39, 0.29) is 30.8 Å². The van der Waals surface area contributed by atoms with Crippen LogP contribution < -0.4 is 30.7 Å². The van der Waals surface area contributed by atoms with Gasteiger partial charge in [-0.3, -0.25) is 19.2 Å². The predicted octanol–water partition coefficient (Wildman–Crippen LogP) is 3.67. The Morgan fingerprint density at radius 1 is 1.02 bits per heavy atom. The second kappa shape index (κ2) is 16.4. The number of ketones is 1. The molecule has 3 aromatic rings. The third-order valence-corrected chi connectivity index (χ3v) is 9.36. The number of nitrogens with one attached hydrogen (secondary N) is 4. The number of carbonyl (C=O) groups is 5. The van der Waals surface area contributed by atoms with Crippen LogP contribution in [0, 0.1) is 10.8 Å². The van der Waals surface area contributed by atoms with E-state index in [0.717, 1.165) is 12.8 Å². The van der Waals surface area contributed by atoms with Gasteiger partial charge in [-0.1, -0.05) is 54.9 Å². The standard InChI is InChI=1S/C39H54N8O7/c1-9-11-27(32(48)35(50)42-23-12-13-23)44-34(49)29-19-25(21-46(29)36(51)33(39(5,6)7)45-37(52)40-22-38(2,3)4)54-30-20-31(47-17-10-16-41-47)43-28-18-24(53-8)14-15-26(28)30/h10,14-18,20,23,25,27,29,33H,9,11-13,19,21-22H2,1-8H3,(H,42,50)(H,44,49)(H2,40,45,52)/t25?,27-,29-,33+/m0/s1. The van der Waals surface area contributed by atoms with Gasteiger partial charge in [0, 0.05) is 48.9 Å². The van der Waals surface area contributed by atoms with Gasteiger partial charge in [-0.2, -0.15) is 5.10 Å². The summed E-state index contributed by atoms with van der Waals surface area (Å²) in [5.74, 6) is -0.992. The van der Waals surface area contributed by atoms with E-state index < -0.39 is 59.2 Å². The smallest absolute Gasteiger partial charge is 0.315 e. The van der Waals surface area contributed by atoms with E-state index in [0.29, 0.717) is 41.2 Å². The van der Waals surface area contributed by atoms with E-state index in [9.17, 15) is 24.0 Å². The van der Waals surface area contributed by atoms with Crippen LogP contribution in [0.2, 0.25) is 0 Å². The highest BCUT2D eigenvalue weighted by atomic mass is 16.5. The zero-order valence-corrected chi connectivity index (χ0v) is 32.5. The molecule has 4 N–H and O–H groups in total. The Kier molecular flexibility index (Phi) is 12.2. The quantitative estimate of drug-likeness (QED) is 0.179. The fourth-order valence-corrected chi connectivity index (χ4v) is 6.27. The topological polar surface area (TPSA) is 186 Å². The molecule has 15 nitrogen and oxygen atoms in total. The number of aromatic nitrogens is 3. The molecule has 292 valence electrons. The van der Waals surface area contributed by atoms with E-state index in [1.807, 2.05) is 54.5 Å². The zero-order chi connectivity index (χ0) is 39.4. The maximum absolute atomic E-state index is 14.6. The molecule has 1 saturated heterocycles. The van der Waals surface area contributed by atoms with E-state index in [1.165, 1.54) is 4.90 Å². The van der Waals surface area contributed by atoms with Crippen molar-refractivity contribution in [2.24, 2.45) is 10.8 Å². The number of benzene rings is 1. The molecule has 5 rings (SSSR count). The summed E-state index contributed by atoms with van der Waals surface area (Å²) in [4.78, 5) is 74.1. The number of hydrogen-bond acceptors (Lipinski definition) is 9. The van der Waals surface area contributed by atoms with Crippen LogP contribution in [0.15, 0.2) is 42.7 Å². The molecule has 4 atom stereocenters. The van der Waals surface area contributed by atoms with Crippen LogP contribution >= 0.6 is 0 Å². The number of methoxy groups -OCH3 is 1. The molecule has 0 bridgehead atoms. The molecule has 5 amide bonds. The molecule has 0 spiro atoms. The minimum absolute atomic E-state index is 0.000418. The number of carbonyl (C=O) groups excluding carboxylic acids is 5. The first-order chi connectivity index (χ1) is 25.5. The molecule has 2 fully saturated rings. The molecule has 3 heterocycles. The van der Waals surface area contributed by atoms with Crippen molar-refractivity contribution in [1.82, 2.24) is 40.9 Å². The van der Waals surface area contributed by atoms with Crippen molar-refractivity contribution >= 4 is 40.4 Å². The summed E-state index contributed by atoms with van der Waals surface area (Å²) in [6, 6.07) is 5.21. The first kappa shape index (κ1) is 40.0. The maximum Gasteiger partial charge on any atom is 0.315 e. The number of likely N-dealkylation sites (tertiary alicyclic amines) is 1. The molecular weight excluding hydrogens is 692 g/mol. The van der Waals surface area contributed by atoms with Crippen LogP contribution in [-0.2, 0) is 19.2 Å². The lowest BCUT2D eigenvalue weighted by atomic mass is 9.85. The molecular formula is C39H54N8O7. The summed E-state index contributed by atoms with van der Waals surface area (Å²) in [6.45, 7) is 13.7. The van der Waals surface area contributed by atoms with Crippen molar-refractivity contribution in [1.29, 1.82) is 0 Å². The van der Waals surface area contributed by atoms with Gasteiger partial charge in [-0.15, -0.1) is 0 Å². The molecule has 1 saturated carbocycles. The third kappa shape index (κ3) is 10.1. The van der Waals surface area contributed by atoms with Gasteiger partial charge in [0.1, 0.15) is 29.7 Å². The van der Waals surface area contributed by atoms with Gasteiger partial charge in [0.25, 0.3) is 5.91 Å². The lowest BCUT2D eigenvalue weighted by Crippen LogP contribution is -2.60. The summed E-state index contributed by atoms with van der Waals surface area (Å²) in [5.41, 5.74) is -0.360. The molecule has 2 aromatic heterocycles. The maximum atomic E-state index is 14.6. The Bertz CT molecular complexity index is 1850. The van der Waals surface area contributed by atoms with Gasteiger partial charge in [0.05, 0.1) is 25.2 Å². The summed E-state index contributed by atoms with van der Waals surface area (Å²) in [6.07, 6.45) is 5.18. The summed E-state index contributed by atoms with van der Waals surface area (Å²) in [7, 11) is 1.57. The monoisotopic (exact) mass is 746 g/mol. The van der Waals surface area contributed by atoms with Crippen molar-refractivity contribution in [3.8, 4) is 17.3 Å². The molecule has 0 radical (unpaired) electrons. The second-order valence-electron chi connectivity index (χ2n) is 16.4. The van der Waals surface area contributed by atoms with E-state index in [4.69, 9.17) is 14.5 Å². The Morgan fingerprint density at radius 2 is 1.76 bits per heavy atom. The fourth-order valence-electron chi connectivity index (χ4n) is 6.27. The minimum atomic E-state index is -1.08. The summed E-state index contributed by atoms with van der Waals surface area (Å²) < 4.78 is 13.7. The van der Waals surface area contributed by atoms with Gasteiger partial charge in [-0.05, 0) is 48.3 Å². The van der Waals surface area contributed by atoms with Crippen molar-refractivity contribution in [2.75, 3.05) is 20.2 Å². The average Bonchev–Trinajstić information content (AvgIpc) is 3.55. The molecule has 15 heteroatoms. The highest BCUT2D eigenvalue weighted by Gasteiger charge is 2.46. The van der Waals surface area contributed by atoms with Crippen LogP contribution in [0.4, 0.5) is 4.79 Å². The van der Waals surface area contributed by atoms with Crippen molar-refractivity contribution < 1.29 is 33.4 Å². The molecule has 54 heavy (non-hydrogen) atoms. The predicted molar refractivity (Wildman–Crippen MR) is 202 cm³/mol. The number of Topliss-reactive ketones (excluding diaryl/α,β-unsaturated/α-hetero) is 1. The number of urea groups is 1. The summed E-state index contributed by atoms with van der Waals surface area (Å²) >= 11 is 0. The van der Waals surface area contributed by atoms with Gasteiger partial charge in [0.15, 0.2) is 5.82 Å². The Morgan fingerprint density at radius 3 is 2.37 bits per heavy atom. The number of ether oxygens (including phenoxy) is 2. The number of amides is 5. The highest BCUT2D eigenvalue weighted by Crippen LogP contribution is 2.34. The normalized spacial score (nSPS) is 18.4. The molecule has 1 aliphatic heterocycles. The number of pyridine rings is 1. The number of fused-ring (bicyclic) bond motifs is 1. The van der Waals surface area contributed by atoms with Crippen molar-refractivity contribution in [2.45, 2.75) is 111 Å². The lowest BCUT2D eigenvalue weighted by molar-refractivity contribution is -0.144. The fraction of sp³-hybridized carbons (Fsp3) is 0.564. The number of nitrogens with zero attached hydrogens (tertiary/aromatic N) is 4. The second-order valence-corrected chi connectivity index (χ2v) is 16.4. The molecule has 1 aliphatic carbocycles.